The van der Waals surface area contributed by atoms with Gasteiger partial charge in [0.05, 0.1) is 12.6 Å². The first-order chi connectivity index (χ1) is 10.7. The van der Waals surface area contributed by atoms with Crippen molar-refractivity contribution < 1.29 is 9.90 Å². The third kappa shape index (κ3) is 5.48. The minimum absolute atomic E-state index is 0.105. The maximum Gasteiger partial charge on any atom is 0.222 e. The zero-order chi connectivity index (χ0) is 15.8. The van der Waals surface area contributed by atoms with Crippen LogP contribution in [0.15, 0.2) is 4.99 Å². The van der Waals surface area contributed by atoms with Gasteiger partial charge in [0.1, 0.15) is 0 Å². The highest BCUT2D eigenvalue weighted by Crippen LogP contribution is 2.17. The van der Waals surface area contributed by atoms with E-state index in [-0.39, 0.29) is 12.0 Å². The summed E-state index contributed by atoms with van der Waals surface area (Å²) in [5.74, 6) is 0.914. The van der Waals surface area contributed by atoms with Crippen molar-refractivity contribution in [2.24, 2.45) is 4.99 Å². The molecule has 1 saturated carbocycles. The third-order valence-electron chi connectivity index (χ3n) is 4.37. The summed E-state index contributed by atoms with van der Waals surface area (Å²) in [6, 6.07) is 0.368. The highest BCUT2D eigenvalue weighted by Gasteiger charge is 2.22. The largest absolute Gasteiger partial charge is 0.391 e. The summed E-state index contributed by atoms with van der Waals surface area (Å²) in [7, 11) is 0. The standard InChI is InChI=1S/C16H30N4O2/c1-2-17-16(20-11-9-14(21)12-20)18-10-8-15(22)19-13-6-4-3-5-7-13/h13-14,21H,2-12H2,1H3,(H,17,18)(H,19,22)/t14-/m1/s1. The van der Waals surface area contributed by atoms with E-state index in [1.54, 1.807) is 0 Å². The van der Waals surface area contributed by atoms with E-state index in [1.807, 2.05) is 6.92 Å². The van der Waals surface area contributed by atoms with Gasteiger partial charge in [0.25, 0.3) is 0 Å². The average Bonchev–Trinajstić information content (AvgIpc) is 2.94. The summed E-state index contributed by atoms with van der Waals surface area (Å²) in [5.41, 5.74) is 0. The number of β-amino-alcohol motifs (C(OH)–C–C–N with tert-alkyl or cyclic N) is 1. The number of hydrogen-bond donors (Lipinski definition) is 3. The molecule has 22 heavy (non-hydrogen) atoms. The van der Waals surface area contributed by atoms with Gasteiger partial charge in [-0.05, 0) is 26.2 Å². The van der Waals surface area contributed by atoms with Crippen LogP contribution in [0.3, 0.4) is 0 Å². The number of likely N-dealkylation sites (tertiary alicyclic amines) is 1. The molecule has 1 saturated heterocycles. The Hall–Kier alpha value is -1.30. The molecule has 0 spiro atoms. The molecule has 126 valence electrons. The van der Waals surface area contributed by atoms with Crippen molar-refractivity contribution in [3.05, 3.63) is 0 Å². The zero-order valence-corrected chi connectivity index (χ0v) is 13.7. The van der Waals surface area contributed by atoms with E-state index < -0.39 is 0 Å². The van der Waals surface area contributed by atoms with Crippen molar-refractivity contribution in [3.63, 3.8) is 0 Å². The molecule has 0 aromatic rings. The quantitative estimate of drug-likeness (QED) is 0.520. The van der Waals surface area contributed by atoms with Crippen molar-refractivity contribution in [3.8, 4) is 0 Å². The lowest BCUT2D eigenvalue weighted by Gasteiger charge is -2.23. The Bertz CT molecular complexity index is 380. The maximum atomic E-state index is 12.0. The van der Waals surface area contributed by atoms with E-state index in [1.165, 1.54) is 19.3 Å². The van der Waals surface area contributed by atoms with Crippen molar-refractivity contribution in [2.75, 3.05) is 26.2 Å². The SMILES string of the molecule is CCNC(=NCCC(=O)NC1CCCCC1)N1CC[C@@H](O)C1. The molecule has 2 aliphatic rings. The molecule has 0 radical (unpaired) electrons. The Labute approximate surface area is 133 Å². The van der Waals surface area contributed by atoms with Gasteiger partial charge in [0.2, 0.25) is 5.91 Å². The van der Waals surface area contributed by atoms with Crippen LogP contribution in [0.25, 0.3) is 0 Å². The van der Waals surface area contributed by atoms with Gasteiger partial charge in [-0.1, -0.05) is 19.3 Å². The van der Waals surface area contributed by atoms with E-state index in [9.17, 15) is 9.90 Å². The molecular weight excluding hydrogens is 280 g/mol. The second kappa shape index (κ2) is 8.98. The first-order valence-electron chi connectivity index (χ1n) is 8.69. The topological polar surface area (TPSA) is 77.0 Å². The lowest BCUT2D eigenvalue weighted by Crippen LogP contribution is -2.41. The number of amides is 1. The van der Waals surface area contributed by atoms with Crippen LogP contribution in [0.1, 0.15) is 51.9 Å². The van der Waals surface area contributed by atoms with Gasteiger partial charge in [-0.15, -0.1) is 0 Å². The normalized spacial score (nSPS) is 23.6. The molecule has 0 aromatic carbocycles. The smallest absolute Gasteiger partial charge is 0.222 e. The van der Waals surface area contributed by atoms with Gasteiger partial charge < -0.3 is 20.6 Å². The van der Waals surface area contributed by atoms with E-state index in [4.69, 9.17) is 0 Å². The van der Waals surface area contributed by atoms with E-state index in [2.05, 4.69) is 20.5 Å². The number of hydrogen-bond acceptors (Lipinski definition) is 3. The second-order valence-corrected chi connectivity index (χ2v) is 6.28. The van der Waals surface area contributed by atoms with Crippen molar-refractivity contribution >= 4 is 11.9 Å². The van der Waals surface area contributed by atoms with Crippen LogP contribution in [-0.4, -0.2) is 60.2 Å². The number of rotatable bonds is 5. The number of guanidine groups is 1. The number of aliphatic hydroxyl groups is 1. The molecular formula is C16H30N4O2. The van der Waals surface area contributed by atoms with Gasteiger partial charge in [-0.25, -0.2) is 0 Å². The summed E-state index contributed by atoms with van der Waals surface area (Å²) in [6.45, 7) is 4.76. The molecule has 1 aliphatic carbocycles. The van der Waals surface area contributed by atoms with Gasteiger partial charge in [-0.2, -0.15) is 0 Å². The van der Waals surface area contributed by atoms with Gasteiger partial charge in [0.15, 0.2) is 5.96 Å². The molecule has 3 N–H and O–H groups in total. The number of nitrogens with zero attached hydrogens (tertiary/aromatic N) is 2. The molecule has 1 atom stereocenters. The Kier molecular flexibility index (Phi) is 6.96. The number of carbonyl (C=O) groups is 1. The summed E-state index contributed by atoms with van der Waals surface area (Å²) in [4.78, 5) is 18.6. The van der Waals surface area contributed by atoms with Crippen LogP contribution in [0.4, 0.5) is 0 Å². The van der Waals surface area contributed by atoms with Crippen molar-refractivity contribution in [1.82, 2.24) is 15.5 Å². The monoisotopic (exact) mass is 310 g/mol. The van der Waals surface area contributed by atoms with E-state index in [0.717, 1.165) is 38.3 Å². The number of nitrogens with one attached hydrogen (secondary N) is 2. The van der Waals surface area contributed by atoms with Crippen LogP contribution in [0.2, 0.25) is 0 Å². The Morgan fingerprint density at radius 1 is 1.27 bits per heavy atom. The van der Waals surface area contributed by atoms with Crippen LogP contribution < -0.4 is 10.6 Å². The fraction of sp³-hybridized carbons (Fsp3) is 0.875. The van der Waals surface area contributed by atoms with Crippen molar-refractivity contribution in [1.29, 1.82) is 0 Å². The van der Waals surface area contributed by atoms with Gasteiger partial charge in [0, 0.05) is 32.1 Å². The van der Waals surface area contributed by atoms with E-state index in [0.29, 0.717) is 25.6 Å². The maximum absolute atomic E-state index is 12.0. The lowest BCUT2D eigenvalue weighted by atomic mass is 9.95. The number of carbonyl (C=O) groups excluding carboxylic acids is 1. The van der Waals surface area contributed by atoms with Crippen LogP contribution >= 0.6 is 0 Å². The van der Waals surface area contributed by atoms with Crippen LogP contribution in [0, 0.1) is 0 Å². The highest BCUT2D eigenvalue weighted by atomic mass is 16.3. The summed E-state index contributed by atoms with van der Waals surface area (Å²) >= 11 is 0. The third-order valence-corrected chi connectivity index (χ3v) is 4.37. The fourth-order valence-electron chi connectivity index (χ4n) is 3.17. The summed E-state index contributed by atoms with van der Waals surface area (Å²) < 4.78 is 0. The molecule has 0 aromatic heterocycles. The van der Waals surface area contributed by atoms with Gasteiger partial charge >= 0.3 is 0 Å². The number of aliphatic hydroxyl groups excluding tert-OH is 1. The highest BCUT2D eigenvalue weighted by molar-refractivity contribution is 5.81. The molecule has 1 aliphatic heterocycles. The molecule has 1 amide bonds. The van der Waals surface area contributed by atoms with Crippen LogP contribution in [-0.2, 0) is 4.79 Å². The van der Waals surface area contributed by atoms with Crippen molar-refractivity contribution in [2.45, 2.75) is 64.0 Å². The summed E-state index contributed by atoms with van der Waals surface area (Å²) in [6.07, 6.45) is 6.93. The molecule has 0 bridgehead atoms. The predicted octanol–water partition coefficient (Wildman–Crippen LogP) is 0.858. The van der Waals surface area contributed by atoms with Gasteiger partial charge in [-0.3, -0.25) is 9.79 Å². The lowest BCUT2D eigenvalue weighted by molar-refractivity contribution is -0.121. The molecule has 2 fully saturated rings. The first kappa shape index (κ1) is 17.1. The molecule has 6 nitrogen and oxygen atoms in total. The van der Waals surface area contributed by atoms with Crippen LogP contribution in [0.5, 0.6) is 0 Å². The molecule has 1 heterocycles. The first-order valence-corrected chi connectivity index (χ1v) is 8.69. The summed E-state index contributed by atoms with van der Waals surface area (Å²) in [5, 5.41) is 16.0. The number of aliphatic imine (C=N–C) groups is 1. The molecule has 6 heteroatoms. The fourth-order valence-corrected chi connectivity index (χ4v) is 3.17. The Morgan fingerprint density at radius 2 is 2.05 bits per heavy atom. The average molecular weight is 310 g/mol. The molecule has 2 rings (SSSR count). The Balaban J connectivity index is 1.74. The minimum Gasteiger partial charge on any atom is -0.391 e. The van der Waals surface area contributed by atoms with E-state index >= 15 is 0 Å². The predicted molar refractivity (Wildman–Crippen MR) is 87.8 cm³/mol. The Morgan fingerprint density at radius 3 is 2.68 bits per heavy atom. The molecule has 0 unspecified atom stereocenters. The minimum atomic E-state index is -0.265. The second-order valence-electron chi connectivity index (χ2n) is 6.28. The zero-order valence-electron chi connectivity index (χ0n) is 13.7.